The highest BCUT2D eigenvalue weighted by atomic mass is 127. The molecule has 0 spiro atoms. The predicted molar refractivity (Wildman–Crippen MR) is 112 cm³/mol. The summed E-state index contributed by atoms with van der Waals surface area (Å²) in [7, 11) is 1.63. The molecule has 1 aromatic carbocycles. The molecule has 6 heteroatoms. The van der Waals surface area contributed by atoms with Crippen LogP contribution in [0.5, 0.6) is 5.75 Å². The van der Waals surface area contributed by atoms with Crippen molar-refractivity contribution in [3.05, 3.63) is 30.4 Å². The van der Waals surface area contributed by atoms with Gasteiger partial charge in [0.05, 0.1) is 14.3 Å². The molecule has 1 N–H and O–H groups in total. The van der Waals surface area contributed by atoms with Crippen LogP contribution in [0.4, 0.5) is 0 Å². The number of ether oxygens (including phenoxy) is 1. The Morgan fingerprint density at radius 3 is 2.50 bits per heavy atom. The fourth-order valence-electron chi connectivity index (χ4n) is 2.95. The number of carbonyl (C=O) groups excluding carboxylic acids is 1. The molecule has 0 bridgehead atoms. The van der Waals surface area contributed by atoms with Crippen molar-refractivity contribution in [2.45, 2.75) is 38.6 Å². The first-order chi connectivity index (χ1) is 11.5. The summed E-state index contributed by atoms with van der Waals surface area (Å²) in [5, 5.41) is 12.4. The van der Waals surface area contributed by atoms with E-state index >= 15 is 0 Å². The van der Waals surface area contributed by atoms with Crippen LogP contribution in [0.1, 0.15) is 38.2 Å². The highest BCUT2D eigenvalue weighted by Gasteiger charge is 2.24. The second kappa shape index (κ2) is 9.04. The zero-order valence-corrected chi connectivity index (χ0v) is 18.0. The number of halogens is 2. The molecule has 0 unspecified atom stereocenters. The fourth-order valence-corrected chi connectivity index (χ4v) is 5.21. The van der Waals surface area contributed by atoms with Gasteiger partial charge in [-0.15, -0.1) is 0 Å². The van der Waals surface area contributed by atoms with Crippen LogP contribution < -0.4 is 10.1 Å². The predicted octanol–water partition coefficient (Wildman–Crippen LogP) is 4.51. The van der Waals surface area contributed by atoms with E-state index in [9.17, 15) is 10.1 Å². The quantitative estimate of drug-likeness (QED) is 0.341. The Morgan fingerprint density at radius 1 is 1.33 bits per heavy atom. The minimum atomic E-state index is -0.280. The maximum Gasteiger partial charge on any atom is 0.262 e. The second-order valence-corrected chi connectivity index (χ2v) is 8.35. The summed E-state index contributed by atoms with van der Waals surface area (Å²) in [6, 6.07) is 6.03. The molecule has 1 aromatic rings. The first-order valence-corrected chi connectivity index (χ1v) is 10.1. The number of nitriles is 1. The van der Waals surface area contributed by atoms with Crippen molar-refractivity contribution in [1.82, 2.24) is 5.32 Å². The lowest BCUT2D eigenvalue weighted by Gasteiger charge is -2.29. The van der Waals surface area contributed by atoms with E-state index in [-0.39, 0.29) is 17.5 Å². The minimum Gasteiger partial charge on any atom is -0.495 e. The van der Waals surface area contributed by atoms with Gasteiger partial charge in [0.2, 0.25) is 0 Å². The SMILES string of the molecule is COc1c(I)cc(/C=C(\C#N)C(=O)N[C@H]2CCCC[C@H]2C)cc1I. The largest absolute Gasteiger partial charge is 0.495 e. The third-order valence-corrected chi connectivity index (χ3v) is 5.93. The first kappa shape index (κ1) is 19.5. The number of amides is 1. The lowest BCUT2D eigenvalue weighted by molar-refractivity contribution is -0.118. The number of nitrogens with zero attached hydrogens (tertiary/aromatic N) is 1. The molecule has 0 heterocycles. The number of methoxy groups -OCH3 is 1. The van der Waals surface area contributed by atoms with Crippen LogP contribution in [-0.2, 0) is 4.79 Å². The van der Waals surface area contributed by atoms with Crippen molar-refractivity contribution in [3.63, 3.8) is 0 Å². The van der Waals surface area contributed by atoms with Gasteiger partial charge in [0, 0.05) is 6.04 Å². The average Bonchev–Trinajstić information content (AvgIpc) is 2.54. The van der Waals surface area contributed by atoms with Gasteiger partial charge in [-0.25, -0.2) is 0 Å². The highest BCUT2D eigenvalue weighted by Crippen LogP contribution is 2.29. The molecule has 1 saturated carbocycles. The van der Waals surface area contributed by atoms with Gasteiger partial charge in [0.1, 0.15) is 17.4 Å². The van der Waals surface area contributed by atoms with Crippen molar-refractivity contribution in [2.24, 2.45) is 5.92 Å². The molecule has 24 heavy (non-hydrogen) atoms. The van der Waals surface area contributed by atoms with Crippen LogP contribution in [0.2, 0.25) is 0 Å². The number of rotatable bonds is 4. The van der Waals surface area contributed by atoms with Crippen molar-refractivity contribution < 1.29 is 9.53 Å². The Hall–Kier alpha value is -0.820. The summed E-state index contributed by atoms with van der Waals surface area (Å²) >= 11 is 4.38. The summed E-state index contributed by atoms with van der Waals surface area (Å²) < 4.78 is 7.24. The molecule has 1 fully saturated rings. The van der Waals surface area contributed by atoms with Gasteiger partial charge in [0.25, 0.3) is 5.91 Å². The Balaban J connectivity index is 2.19. The van der Waals surface area contributed by atoms with Gasteiger partial charge in [-0.2, -0.15) is 5.26 Å². The topological polar surface area (TPSA) is 62.1 Å². The summed E-state index contributed by atoms with van der Waals surface area (Å²) in [5.41, 5.74) is 0.970. The van der Waals surface area contributed by atoms with E-state index in [1.54, 1.807) is 13.2 Å². The molecule has 2 atom stereocenters. The molecule has 0 aromatic heterocycles. The van der Waals surface area contributed by atoms with E-state index in [2.05, 4.69) is 57.4 Å². The standard InChI is InChI=1S/C18H20I2N2O2/c1-11-5-3-4-6-16(11)22-18(23)13(10-21)7-12-8-14(19)17(24-2)15(20)9-12/h7-9,11,16H,3-6H2,1-2H3,(H,22,23)/b13-7+/t11-,16+/m1/s1. The van der Waals surface area contributed by atoms with Crippen molar-refractivity contribution in [1.29, 1.82) is 5.26 Å². The minimum absolute atomic E-state index is 0.143. The van der Waals surface area contributed by atoms with Gasteiger partial charge in [-0.1, -0.05) is 19.8 Å². The summed E-state index contributed by atoms with van der Waals surface area (Å²) in [6.45, 7) is 2.16. The van der Waals surface area contributed by atoms with Crippen LogP contribution in [0, 0.1) is 24.4 Å². The Morgan fingerprint density at radius 2 is 1.96 bits per heavy atom. The third-order valence-electron chi connectivity index (χ3n) is 4.33. The summed E-state index contributed by atoms with van der Waals surface area (Å²) in [5.74, 6) is 0.995. The zero-order chi connectivity index (χ0) is 17.7. The number of benzene rings is 1. The Labute approximate surface area is 170 Å². The number of hydrogen-bond donors (Lipinski definition) is 1. The molecular weight excluding hydrogens is 530 g/mol. The summed E-state index contributed by atoms with van der Waals surface area (Å²) in [4.78, 5) is 12.5. The van der Waals surface area contributed by atoms with Crippen molar-refractivity contribution >= 4 is 57.2 Å². The van der Waals surface area contributed by atoms with Crippen LogP contribution in [0.25, 0.3) is 6.08 Å². The average molecular weight is 550 g/mol. The first-order valence-electron chi connectivity index (χ1n) is 7.92. The van der Waals surface area contributed by atoms with Crippen LogP contribution in [0.3, 0.4) is 0 Å². The molecule has 1 aliphatic carbocycles. The maximum atomic E-state index is 12.5. The molecule has 1 amide bonds. The number of hydrogen-bond acceptors (Lipinski definition) is 3. The lowest BCUT2D eigenvalue weighted by Crippen LogP contribution is -2.41. The smallest absolute Gasteiger partial charge is 0.262 e. The van der Waals surface area contributed by atoms with Crippen LogP contribution in [0.15, 0.2) is 17.7 Å². The third kappa shape index (κ3) is 4.85. The lowest BCUT2D eigenvalue weighted by atomic mass is 9.86. The fraction of sp³-hybridized carbons (Fsp3) is 0.444. The van der Waals surface area contributed by atoms with E-state index in [1.165, 1.54) is 6.42 Å². The molecule has 0 saturated heterocycles. The van der Waals surface area contributed by atoms with Gasteiger partial charge in [-0.05, 0) is 87.7 Å². The molecular formula is C18H20I2N2O2. The van der Waals surface area contributed by atoms with Gasteiger partial charge in [-0.3, -0.25) is 4.79 Å². The zero-order valence-electron chi connectivity index (χ0n) is 13.7. The molecule has 1 aliphatic rings. The van der Waals surface area contributed by atoms with E-state index < -0.39 is 0 Å². The monoisotopic (exact) mass is 550 g/mol. The number of nitrogens with one attached hydrogen (secondary N) is 1. The molecule has 4 nitrogen and oxygen atoms in total. The van der Waals surface area contributed by atoms with Gasteiger partial charge in [0.15, 0.2) is 0 Å². The molecule has 2 rings (SSSR count). The Bertz CT molecular complexity index is 672. The molecule has 128 valence electrons. The van der Waals surface area contributed by atoms with Crippen molar-refractivity contribution in [2.75, 3.05) is 7.11 Å². The van der Waals surface area contributed by atoms with E-state index in [0.717, 1.165) is 37.7 Å². The van der Waals surface area contributed by atoms with Gasteiger partial charge < -0.3 is 10.1 Å². The highest BCUT2D eigenvalue weighted by molar-refractivity contribution is 14.1. The second-order valence-electron chi connectivity index (χ2n) is 6.03. The van der Waals surface area contributed by atoms with Crippen LogP contribution >= 0.6 is 45.2 Å². The molecule has 0 radical (unpaired) electrons. The van der Waals surface area contributed by atoms with E-state index in [4.69, 9.17) is 4.74 Å². The van der Waals surface area contributed by atoms with Gasteiger partial charge >= 0.3 is 0 Å². The van der Waals surface area contributed by atoms with E-state index in [1.807, 2.05) is 18.2 Å². The summed E-state index contributed by atoms with van der Waals surface area (Å²) in [6.07, 6.45) is 6.12. The van der Waals surface area contributed by atoms with Crippen LogP contribution in [-0.4, -0.2) is 19.1 Å². The maximum absolute atomic E-state index is 12.5. The normalized spacial score (nSPS) is 21.0. The van der Waals surface area contributed by atoms with E-state index in [0.29, 0.717) is 5.92 Å². The number of carbonyl (C=O) groups is 1. The molecule has 0 aliphatic heterocycles. The Kier molecular flexibility index (Phi) is 7.34. The van der Waals surface area contributed by atoms with Crippen molar-refractivity contribution in [3.8, 4) is 11.8 Å².